The first-order valence-corrected chi connectivity index (χ1v) is 8.38. The maximum atomic E-state index is 12.5. The SMILES string of the molecule is CCCCCCCCCN1C(=O)C(C)(C)NC(=O)C1(C)C. The molecule has 0 aromatic rings. The van der Waals surface area contributed by atoms with Gasteiger partial charge in [0.2, 0.25) is 11.8 Å². The highest BCUT2D eigenvalue weighted by Crippen LogP contribution is 2.26. The number of amides is 2. The summed E-state index contributed by atoms with van der Waals surface area (Å²) < 4.78 is 0. The van der Waals surface area contributed by atoms with Gasteiger partial charge in [0.05, 0.1) is 0 Å². The second kappa shape index (κ2) is 7.28. The number of piperazine rings is 1. The first-order chi connectivity index (χ1) is 9.73. The van der Waals surface area contributed by atoms with Gasteiger partial charge in [-0.05, 0) is 34.1 Å². The lowest BCUT2D eigenvalue weighted by molar-refractivity contribution is -0.159. The molecule has 0 spiro atoms. The Kier molecular flexibility index (Phi) is 6.24. The lowest BCUT2D eigenvalue weighted by Gasteiger charge is -2.47. The molecular formula is C17H32N2O2. The molecule has 1 rings (SSSR count). The van der Waals surface area contributed by atoms with Gasteiger partial charge in [0.15, 0.2) is 0 Å². The zero-order chi connectivity index (χ0) is 16.1. The molecule has 0 radical (unpaired) electrons. The normalized spacial score (nSPS) is 20.5. The Labute approximate surface area is 129 Å². The average molecular weight is 296 g/mol. The minimum Gasteiger partial charge on any atom is -0.340 e. The van der Waals surface area contributed by atoms with Gasteiger partial charge in [0.25, 0.3) is 0 Å². The average Bonchev–Trinajstić information content (AvgIpc) is 2.39. The number of carbonyl (C=O) groups excluding carboxylic acids is 2. The Hall–Kier alpha value is -1.06. The molecule has 1 aliphatic heterocycles. The van der Waals surface area contributed by atoms with Crippen LogP contribution < -0.4 is 5.32 Å². The highest BCUT2D eigenvalue weighted by molar-refractivity contribution is 6.01. The minimum absolute atomic E-state index is 0.0260. The molecule has 0 aromatic carbocycles. The molecule has 4 nitrogen and oxygen atoms in total. The summed E-state index contributed by atoms with van der Waals surface area (Å²) in [5, 5.41) is 2.82. The quantitative estimate of drug-likeness (QED) is 0.699. The summed E-state index contributed by atoms with van der Waals surface area (Å²) in [7, 11) is 0. The lowest BCUT2D eigenvalue weighted by Crippen LogP contribution is -2.72. The molecule has 0 saturated carbocycles. The van der Waals surface area contributed by atoms with Crippen molar-refractivity contribution in [2.24, 2.45) is 0 Å². The smallest absolute Gasteiger partial charge is 0.248 e. The molecule has 0 bridgehead atoms. The van der Waals surface area contributed by atoms with Crippen LogP contribution in [0, 0.1) is 0 Å². The van der Waals surface area contributed by atoms with Gasteiger partial charge < -0.3 is 10.2 Å². The summed E-state index contributed by atoms with van der Waals surface area (Å²) >= 11 is 0. The van der Waals surface area contributed by atoms with Gasteiger partial charge in [-0.2, -0.15) is 0 Å². The van der Waals surface area contributed by atoms with Crippen molar-refractivity contribution in [3.05, 3.63) is 0 Å². The van der Waals surface area contributed by atoms with Gasteiger partial charge in [-0.15, -0.1) is 0 Å². The van der Waals surface area contributed by atoms with Gasteiger partial charge >= 0.3 is 0 Å². The molecule has 1 aliphatic rings. The third-order valence-corrected chi connectivity index (χ3v) is 4.42. The Balaban J connectivity index is 2.47. The largest absolute Gasteiger partial charge is 0.340 e. The molecule has 1 N–H and O–H groups in total. The Morgan fingerprint density at radius 2 is 1.43 bits per heavy atom. The van der Waals surface area contributed by atoms with Crippen molar-refractivity contribution < 1.29 is 9.59 Å². The molecule has 2 amide bonds. The highest BCUT2D eigenvalue weighted by atomic mass is 16.2. The summed E-state index contributed by atoms with van der Waals surface area (Å²) in [5.74, 6) is -0.0341. The lowest BCUT2D eigenvalue weighted by atomic mass is 9.89. The van der Waals surface area contributed by atoms with Crippen LogP contribution in [0.2, 0.25) is 0 Å². The molecule has 0 atom stereocenters. The number of nitrogens with one attached hydrogen (secondary N) is 1. The van der Waals surface area contributed by atoms with Crippen LogP contribution in [0.3, 0.4) is 0 Å². The van der Waals surface area contributed by atoms with E-state index in [9.17, 15) is 9.59 Å². The number of unbranched alkanes of at least 4 members (excludes halogenated alkanes) is 6. The van der Waals surface area contributed by atoms with Gasteiger partial charge in [0.1, 0.15) is 11.1 Å². The third-order valence-electron chi connectivity index (χ3n) is 4.42. The fourth-order valence-corrected chi connectivity index (χ4v) is 2.81. The molecule has 1 heterocycles. The van der Waals surface area contributed by atoms with Crippen molar-refractivity contribution in [1.82, 2.24) is 10.2 Å². The van der Waals surface area contributed by atoms with Gasteiger partial charge in [0, 0.05) is 6.54 Å². The topological polar surface area (TPSA) is 49.4 Å². The maximum Gasteiger partial charge on any atom is 0.248 e. The van der Waals surface area contributed by atoms with Crippen LogP contribution in [-0.2, 0) is 9.59 Å². The van der Waals surface area contributed by atoms with Crippen molar-refractivity contribution in [3.8, 4) is 0 Å². The van der Waals surface area contributed by atoms with E-state index in [4.69, 9.17) is 0 Å². The van der Waals surface area contributed by atoms with Crippen LogP contribution in [0.5, 0.6) is 0 Å². The standard InChI is InChI=1S/C17H32N2O2/c1-6-7-8-9-10-11-12-13-19-15(21)16(2,3)18-14(20)17(19,4)5/h6-13H2,1-5H3,(H,18,20). The molecule has 0 aliphatic carbocycles. The van der Waals surface area contributed by atoms with Crippen molar-refractivity contribution in [2.75, 3.05) is 6.54 Å². The van der Waals surface area contributed by atoms with E-state index < -0.39 is 11.1 Å². The molecule has 122 valence electrons. The molecule has 4 heteroatoms. The van der Waals surface area contributed by atoms with Crippen molar-refractivity contribution >= 4 is 11.8 Å². The fourth-order valence-electron chi connectivity index (χ4n) is 2.81. The molecular weight excluding hydrogens is 264 g/mol. The summed E-state index contributed by atoms with van der Waals surface area (Å²) in [6.07, 6.45) is 8.48. The van der Waals surface area contributed by atoms with Gasteiger partial charge in [-0.25, -0.2) is 0 Å². The van der Waals surface area contributed by atoms with Crippen LogP contribution in [0.15, 0.2) is 0 Å². The van der Waals surface area contributed by atoms with Crippen LogP contribution >= 0.6 is 0 Å². The predicted molar refractivity (Wildman–Crippen MR) is 86.0 cm³/mol. The zero-order valence-electron chi connectivity index (χ0n) is 14.4. The van der Waals surface area contributed by atoms with E-state index in [1.807, 2.05) is 13.8 Å². The van der Waals surface area contributed by atoms with E-state index >= 15 is 0 Å². The van der Waals surface area contributed by atoms with Crippen molar-refractivity contribution in [3.63, 3.8) is 0 Å². The van der Waals surface area contributed by atoms with E-state index in [1.165, 1.54) is 32.1 Å². The van der Waals surface area contributed by atoms with Crippen LogP contribution in [0.1, 0.15) is 79.6 Å². The molecule has 1 saturated heterocycles. The summed E-state index contributed by atoms with van der Waals surface area (Å²) in [4.78, 5) is 26.5. The number of carbonyl (C=O) groups is 2. The van der Waals surface area contributed by atoms with Gasteiger partial charge in [-0.3, -0.25) is 9.59 Å². The number of nitrogens with zero attached hydrogens (tertiary/aromatic N) is 1. The molecule has 21 heavy (non-hydrogen) atoms. The van der Waals surface area contributed by atoms with E-state index in [2.05, 4.69) is 12.2 Å². The van der Waals surface area contributed by atoms with Gasteiger partial charge in [-0.1, -0.05) is 45.4 Å². The molecule has 0 aromatic heterocycles. The summed E-state index contributed by atoms with van der Waals surface area (Å²) in [5.41, 5.74) is -1.53. The molecule has 1 fully saturated rings. The predicted octanol–water partition coefficient (Wildman–Crippen LogP) is 3.25. The highest BCUT2D eigenvalue weighted by Gasteiger charge is 2.49. The monoisotopic (exact) mass is 296 g/mol. The maximum absolute atomic E-state index is 12.5. The van der Waals surface area contributed by atoms with Crippen LogP contribution in [0.4, 0.5) is 0 Å². The molecule has 0 unspecified atom stereocenters. The number of hydrogen-bond donors (Lipinski definition) is 1. The van der Waals surface area contributed by atoms with E-state index in [-0.39, 0.29) is 11.8 Å². The fraction of sp³-hybridized carbons (Fsp3) is 0.882. The van der Waals surface area contributed by atoms with Crippen LogP contribution in [-0.4, -0.2) is 34.3 Å². The third kappa shape index (κ3) is 4.45. The van der Waals surface area contributed by atoms with Crippen LogP contribution in [0.25, 0.3) is 0 Å². The summed E-state index contributed by atoms with van der Waals surface area (Å²) in [6, 6.07) is 0. The Morgan fingerprint density at radius 1 is 0.905 bits per heavy atom. The zero-order valence-corrected chi connectivity index (χ0v) is 14.4. The second-order valence-electron chi connectivity index (χ2n) is 7.22. The number of rotatable bonds is 8. The second-order valence-corrected chi connectivity index (χ2v) is 7.22. The minimum atomic E-state index is -0.784. The Morgan fingerprint density at radius 3 is 2.00 bits per heavy atom. The number of hydrogen-bond acceptors (Lipinski definition) is 2. The first-order valence-electron chi connectivity index (χ1n) is 8.38. The van der Waals surface area contributed by atoms with Crippen molar-refractivity contribution in [1.29, 1.82) is 0 Å². The Bertz CT molecular complexity index is 375. The van der Waals surface area contributed by atoms with E-state index in [0.717, 1.165) is 12.8 Å². The van der Waals surface area contributed by atoms with E-state index in [1.54, 1.807) is 18.7 Å². The first kappa shape index (κ1) is 18.0. The summed E-state index contributed by atoms with van der Waals surface area (Å²) in [6.45, 7) is 10.1. The van der Waals surface area contributed by atoms with Crippen molar-refractivity contribution in [2.45, 2.75) is 90.6 Å². The van der Waals surface area contributed by atoms with E-state index in [0.29, 0.717) is 6.54 Å².